The van der Waals surface area contributed by atoms with Crippen LogP contribution < -0.4 is 5.32 Å². The van der Waals surface area contributed by atoms with Crippen molar-refractivity contribution in [1.82, 2.24) is 14.9 Å². The van der Waals surface area contributed by atoms with Gasteiger partial charge in [0.2, 0.25) is 5.91 Å². The van der Waals surface area contributed by atoms with E-state index in [-0.39, 0.29) is 5.91 Å². The van der Waals surface area contributed by atoms with Gasteiger partial charge in [-0.25, -0.2) is 4.98 Å². The molecule has 1 heterocycles. The fourth-order valence-electron chi connectivity index (χ4n) is 2.32. The third-order valence-corrected chi connectivity index (χ3v) is 3.24. The van der Waals surface area contributed by atoms with Crippen LogP contribution in [0.15, 0.2) is 36.9 Å². The van der Waals surface area contributed by atoms with E-state index in [1.165, 1.54) is 11.6 Å². The minimum Gasteiger partial charge on any atom is -0.353 e. The maximum Gasteiger partial charge on any atom is 0.243 e. The first kappa shape index (κ1) is 14.3. The number of hydrogen-bond acceptors (Lipinski definition) is 2. The number of carbonyl (C=O) groups is 1. The fraction of sp³-hybridized carbons (Fsp3) is 0.375. The first-order valence-corrected chi connectivity index (χ1v) is 7.10. The molecule has 0 radical (unpaired) electrons. The van der Waals surface area contributed by atoms with E-state index in [0.29, 0.717) is 6.54 Å². The summed E-state index contributed by atoms with van der Waals surface area (Å²) in [5.41, 5.74) is 2.24. The largest absolute Gasteiger partial charge is 0.353 e. The van der Waals surface area contributed by atoms with Crippen LogP contribution in [0.25, 0.3) is 11.0 Å². The number of carbonyl (C=O) groups excluding carboxylic acids is 1. The van der Waals surface area contributed by atoms with Crippen LogP contribution in [0.3, 0.4) is 0 Å². The number of rotatable bonds is 7. The molecule has 1 aromatic heterocycles. The van der Waals surface area contributed by atoms with E-state index in [9.17, 15) is 4.79 Å². The SMILES string of the molecule is C=CC(=O)NCCCc1nc2ccccc2n1CCC. The summed E-state index contributed by atoms with van der Waals surface area (Å²) in [6.07, 6.45) is 4.13. The lowest BCUT2D eigenvalue weighted by Gasteiger charge is -2.07. The van der Waals surface area contributed by atoms with Gasteiger partial charge in [-0.2, -0.15) is 0 Å². The molecule has 0 saturated carbocycles. The van der Waals surface area contributed by atoms with Gasteiger partial charge in [0.1, 0.15) is 5.82 Å². The van der Waals surface area contributed by atoms with Crippen molar-refractivity contribution in [2.24, 2.45) is 0 Å². The van der Waals surface area contributed by atoms with E-state index < -0.39 is 0 Å². The zero-order chi connectivity index (χ0) is 14.4. The molecule has 4 heteroatoms. The lowest BCUT2D eigenvalue weighted by Crippen LogP contribution is -2.22. The van der Waals surface area contributed by atoms with Gasteiger partial charge < -0.3 is 9.88 Å². The van der Waals surface area contributed by atoms with Gasteiger partial charge in [0.05, 0.1) is 11.0 Å². The monoisotopic (exact) mass is 271 g/mol. The summed E-state index contributed by atoms with van der Waals surface area (Å²) in [6.45, 7) is 7.24. The molecule has 20 heavy (non-hydrogen) atoms. The van der Waals surface area contributed by atoms with Crippen molar-refractivity contribution in [3.63, 3.8) is 0 Å². The molecule has 0 saturated heterocycles. The Bertz CT molecular complexity index is 601. The van der Waals surface area contributed by atoms with Crippen LogP contribution in [0.1, 0.15) is 25.6 Å². The minimum absolute atomic E-state index is 0.118. The van der Waals surface area contributed by atoms with Crippen molar-refractivity contribution < 1.29 is 4.79 Å². The number of nitrogens with zero attached hydrogens (tertiary/aromatic N) is 2. The highest BCUT2D eigenvalue weighted by Gasteiger charge is 2.09. The van der Waals surface area contributed by atoms with Gasteiger partial charge in [-0.05, 0) is 31.1 Å². The maximum absolute atomic E-state index is 11.1. The van der Waals surface area contributed by atoms with Gasteiger partial charge in [0.15, 0.2) is 0 Å². The number of fused-ring (bicyclic) bond motifs is 1. The summed E-state index contributed by atoms with van der Waals surface area (Å²) < 4.78 is 2.28. The molecule has 1 amide bonds. The Morgan fingerprint density at radius 3 is 3.00 bits per heavy atom. The average molecular weight is 271 g/mol. The van der Waals surface area contributed by atoms with Crippen LogP contribution >= 0.6 is 0 Å². The fourth-order valence-corrected chi connectivity index (χ4v) is 2.32. The number of para-hydroxylation sites is 2. The van der Waals surface area contributed by atoms with Gasteiger partial charge in [-0.3, -0.25) is 4.79 Å². The zero-order valence-electron chi connectivity index (χ0n) is 11.9. The van der Waals surface area contributed by atoms with E-state index in [1.54, 1.807) is 0 Å². The van der Waals surface area contributed by atoms with E-state index in [1.807, 2.05) is 18.2 Å². The molecule has 4 nitrogen and oxygen atoms in total. The number of nitrogens with one attached hydrogen (secondary N) is 1. The Balaban J connectivity index is 2.06. The summed E-state index contributed by atoms with van der Waals surface area (Å²) in [5, 5.41) is 2.79. The molecule has 0 spiro atoms. The molecule has 106 valence electrons. The minimum atomic E-state index is -0.118. The number of aryl methyl sites for hydroxylation is 2. The van der Waals surface area contributed by atoms with Crippen molar-refractivity contribution in [2.75, 3.05) is 6.54 Å². The quantitative estimate of drug-likeness (QED) is 0.621. The normalized spacial score (nSPS) is 10.7. The number of benzene rings is 1. The zero-order valence-corrected chi connectivity index (χ0v) is 11.9. The van der Waals surface area contributed by atoms with Crippen LogP contribution in [-0.4, -0.2) is 22.0 Å². The Kier molecular flexibility index (Phi) is 4.93. The second-order valence-electron chi connectivity index (χ2n) is 4.77. The Hall–Kier alpha value is -2.10. The van der Waals surface area contributed by atoms with E-state index in [4.69, 9.17) is 4.98 Å². The van der Waals surface area contributed by atoms with Crippen LogP contribution in [-0.2, 0) is 17.8 Å². The van der Waals surface area contributed by atoms with E-state index in [2.05, 4.69) is 29.5 Å². The van der Waals surface area contributed by atoms with Gasteiger partial charge in [0, 0.05) is 19.5 Å². The summed E-state index contributed by atoms with van der Waals surface area (Å²) in [5.74, 6) is 0.980. The van der Waals surface area contributed by atoms with Crippen molar-refractivity contribution in [3.05, 3.63) is 42.7 Å². The second kappa shape index (κ2) is 6.89. The molecular formula is C16H21N3O. The summed E-state index contributed by atoms with van der Waals surface area (Å²) >= 11 is 0. The highest BCUT2D eigenvalue weighted by molar-refractivity contribution is 5.86. The predicted molar refractivity (Wildman–Crippen MR) is 81.6 cm³/mol. The smallest absolute Gasteiger partial charge is 0.243 e. The number of amides is 1. The third kappa shape index (κ3) is 3.26. The van der Waals surface area contributed by atoms with Crippen molar-refractivity contribution in [2.45, 2.75) is 32.7 Å². The Morgan fingerprint density at radius 2 is 2.25 bits per heavy atom. The highest BCUT2D eigenvalue weighted by atomic mass is 16.1. The molecule has 0 aliphatic heterocycles. The second-order valence-corrected chi connectivity index (χ2v) is 4.77. The first-order chi connectivity index (χ1) is 9.76. The Labute approximate surface area is 119 Å². The average Bonchev–Trinajstić information content (AvgIpc) is 2.82. The molecule has 0 aliphatic carbocycles. The predicted octanol–water partition coefficient (Wildman–Crippen LogP) is 2.68. The van der Waals surface area contributed by atoms with Crippen molar-refractivity contribution in [3.8, 4) is 0 Å². The molecule has 0 fully saturated rings. The van der Waals surface area contributed by atoms with Gasteiger partial charge in [-0.15, -0.1) is 0 Å². The summed E-state index contributed by atoms with van der Waals surface area (Å²) in [4.78, 5) is 15.8. The van der Waals surface area contributed by atoms with Crippen LogP contribution in [0.2, 0.25) is 0 Å². The lowest BCUT2D eigenvalue weighted by atomic mass is 10.3. The third-order valence-electron chi connectivity index (χ3n) is 3.24. The molecule has 1 aromatic carbocycles. The van der Waals surface area contributed by atoms with Crippen LogP contribution in [0, 0.1) is 0 Å². The molecule has 0 atom stereocenters. The van der Waals surface area contributed by atoms with Crippen molar-refractivity contribution in [1.29, 1.82) is 0 Å². The summed E-state index contributed by atoms with van der Waals surface area (Å²) in [7, 11) is 0. The Morgan fingerprint density at radius 1 is 1.45 bits per heavy atom. The number of hydrogen-bond donors (Lipinski definition) is 1. The molecule has 0 unspecified atom stereocenters. The molecule has 1 N–H and O–H groups in total. The molecule has 2 aromatic rings. The highest BCUT2D eigenvalue weighted by Crippen LogP contribution is 2.17. The lowest BCUT2D eigenvalue weighted by molar-refractivity contribution is -0.116. The van der Waals surface area contributed by atoms with Gasteiger partial charge in [-0.1, -0.05) is 25.6 Å². The first-order valence-electron chi connectivity index (χ1n) is 7.10. The van der Waals surface area contributed by atoms with Gasteiger partial charge in [0.25, 0.3) is 0 Å². The number of imidazole rings is 1. The molecule has 2 rings (SSSR count). The molecular weight excluding hydrogens is 250 g/mol. The van der Waals surface area contributed by atoms with Crippen molar-refractivity contribution >= 4 is 16.9 Å². The van der Waals surface area contributed by atoms with E-state index in [0.717, 1.165) is 37.1 Å². The topological polar surface area (TPSA) is 46.9 Å². The standard InChI is InChI=1S/C16H21N3O/c1-3-12-19-14-9-6-5-8-13(14)18-15(19)10-7-11-17-16(20)4-2/h4-6,8-9H,2-3,7,10-12H2,1H3,(H,17,20). The van der Waals surface area contributed by atoms with Crippen LogP contribution in [0.5, 0.6) is 0 Å². The molecule has 0 aliphatic rings. The number of aromatic nitrogens is 2. The maximum atomic E-state index is 11.1. The van der Waals surface area contributed by atoms with Gasteiger partial charge >= 0.3 is 0 Å². The van der Waals surface area contributed by atoms with Crippen LogP contribution in [0.4, 0.5) is 0 Å². The summed E-state index contributed by atoms with van der Waals surface area (Å²) in [6, 6.07) is 8.22. The van der Waals surface area contributed by atoms with E-state index >= 15 is 0 Å². The molecule has 0 bridgehead atoms.